The van der Waals surface area contributed by atoms with Gasteiger partial charge in [-0.2, -0.15) is 4.98 Å². The third-order valence-electron chi connectivity index (χ3n) is 4.68. The summed E-state index contributed by atoms with van der Waals surface area (Å²) in [6.07, 6.45) is -3.98. The average Bonchev–Trinajstić information content (AvgIpc) is 3.01. The van der Waals surface area contributed by atoms with Crippen molar-refractivity contribution >= 4 is 5.82 Å². The maximum absolute atomic E-state index is 12.3. The van der Waals surface area contributed by atoms with E-state index in [1.807, 2.05) is 42.7 Å². The van der Waals surface area contributed by atoms with Crippen LogP contribution in [0.2, 0.25) is 0 Å². The highest BCUT2D eigenvalue weighted by Gasteiger charge is 2.44. The lowest BCUT2D eigenvalue weighted by molar-refractivity contribution is -0.0553. The van der Waals surface area contributed by atoms with E-state index in [9.17, 15) is 25.3 Å². The lowest BCUT2D eigenvalue weighted by atomic mass is 10.1. The number of aromatic nitrogens is 2. The Bertz CT molecular complexity index is 845. The van der Waals surface area contributed by atoms with Gasteiger partial charge in [-0.15, -0.1) is 0 Å². The van der Waals surface area contributed by atoms with Crippen LogP contribution in [-0.2, 0) is 16.1 Å². The first-order valence-electron chi connectivity index (χ1n) is 8.77. The van der Waals surface area contributed by atoms with Gasteiger partial charge in [0.2, 0.25) is 0 Å². The third kappa shape index (κ3) is 4.07. The summed E-state index contributed by atoms with van der Waals surface area (Å²) in [6, 6.07) is 9.49. The molecule has 1 aromatic heterocycles. The van der Waals surface area contributed by atoms with E-state index in [1.54, 1.807) is 0 Å². The van der Waals surface area contributed by atoms with Crippen molar-refractivity contribution in [3.63, 3.8) is 0 Å². The Hall–Kier alpha value is -2.34. The predicted octanol–water partition coefficient (Wildman–Crippen LogP) is -0.0663. The lowest BCUT2D eigenvalue weighted by Gasteiger charge is -2.20. The van der Waals surface area contributed by atoms with E-state index >= 15 is 0 Å². The SMILES string of the molecule is CC(OCc1cn([C@@H]2O[C@H](CO)[C@@H](O)[C@H]2O)c(=O)nc1NO)c1ccccc1. The number of aliphatic hydroxyl groups excluding tert-OH is 3. The van der Waals surface area contributed by atoms with Crippen LogP contribution < -0.4 is 11.2 Å². The molecule has 5 N–H and O–H groups in total. The smallest absolute Gasteiger partial charge is 0.351 e. The first-order chi connectivity index (χ1) is 13.5. The summed E-state index contributed by atoms with van der Waals surface area (Å²) in [5, 5.41) is 38.6. The van der Waals surface area contributed by atoms with Crippen LogP contribution >= 0.6 is 0 Å². The van der Waals surface area contributed by atoms with Crippen molar-refractivity contribution in [2.75, 3.05) is 12.1 Å². The van der Waals surface area contributed by atoms with Gasteiger partial charge in [-0.1, -0.05) is 30.3 Å². The van der Waals surface area contributed by atoms with Crippen LogP contribution in [0.25, 0.3) is 0 Å². The second-order valence-corrected chi connectivity index (χ2v) is 6.51. The van der Waals surface area contributed by atoms with Crippen molar-refractivity contribution in [1.29, 1.82) is 0 Å². The number of anilines is 1. The number of benzene rings is 1. The van der Waals surface area contributed by atoms with Gasteiger partial charge in [-0.25, -0.2) is 4.79 Å². The van der Waals surface area contributed by atoms with Gasteiger partial charge in [0.1, 0.15) is 18.3 Å². The van der Waals surface area contributed by atoms with Crippen LogP contribution in [-0.4, -0.2) is 55.0 Å². The van der Waals surface area contributed by atoms with Gasteiger partial charge >= 0.3 is 5.69 Å². The molecule has 0 bridgehead atoms. The van der Waals surface area contributed by atoms with Gasteiger partial charge in [0.25, 0.3) is 0 Å². The van der Waals surface area contributed by atoms with Crippen LogP contribution in [0.1, 0.15) is 30.4 Å². The summed E-state index contributed by atoms with van der Waals surface area (Å²) in [6.45, 7) is 1.34. The number of ether oxygens (including phenoxy) is 2. The van der Waals surface area contributed by atoms with Gasteiger partial charge in [-0.3, -0.25) is 15.3 Å². The molecule has 0 spiro atoms. The molecule has 3 rings (SSSR count). The molecule has 1 fully saturated rings. The summed E-state index contributed by atoms with van der Waals surface area (Å²) in [5.41, 5.74) is 2.33. The normalized spacial score (nSPS) is 25.6. The Morgan fingerprint density at radius 3 is 2.61 bits per heavy atom. The summed E-state index contributed by atoms with van der Waals surface area (Å²) in [5.74, 6) is -0.0896. The van der Waals surface area contributed by atoms with Crippen LogP contribution in [0, 0.1) is 0 Å². The highest BCUT2D eigenvalue weighted by molar-refractivity contribution is 5.39. The first-order valence-corrected chi connectivity index (χ1v) is 8.77. The molecule has 10 heteroatoms. The Kier molecular flexibility index (Phi) is 6.39. The minimum Gasteiger partial charge on any atom is -0.394 e. The van der Waals surface area contributed by atoms with E-state index in [4.69, 9.17) is 9.47 Å². The molecule has 5 atom stereocenters. The van der Waals surface area contributed by atoms with E-state index in [-0.39, 0.29) is 18.5 Å². The van der Waals surface area contributed by atoms with Gasteiger partial charge in [0.05, 0.1) is 19.3 Å². The molecular formula is C18H23N3O7. The fourth-order valence-corrected chi connectivity index (χ4v) is 3.04. The number of hydrogen-bond donors (Lipinski definition) is 5. The topological polar surface area (TPSA) is 146 Å². The fraction of sp³-hybridized carbons (Fsp3) is 0.444. The van der Waals surface area contributed by atoms with Gasteiger partial charge in [0, 0.05) is 11.8 Å². The molecule has 1 aliphatic heterocycles. The Morgan fingerprint density at radius 2 is 2.00 bits per heavy atom. The van der Waals surface area contributed by atoms with Crippen LogP contribution in [0.5, 0.6) is 0 Å². The highest BCUT2D eigenvalue weighted by atomic mass is 16.6. The largest absolute Gasteiger partial charge is 0.394 e. The van der Waals surface area contributed by atoms with Gasteiger partial charge < -0.3 is 24.8 Å². The van der Waals surface area contributed by atoms with Gasteiger partial charge in [0.15, 0.2) is 12.0 Å². The molecule has 10 nitrogen and oxygen atoms in total. The molecule has 28 heavy (non-hydrogen) atoms. The van der Waals surface area contributed by atoms with Crippen LogP contribution in [0.3, 0.4) is 0 Å². The number of nitrogens with zero attached hydrogens (tertiary/aromatic N) is 2. The number of aliphatic hydroxyl groups is 3. The monoisotopic (exact) mass is 393 g/mol. The Labute approximate surface area is 160 Å². The molecule has 0 saturated carbocycles. The Balaban J connectivity index is 1.83. The quantitative estimate of drug-likeness (QED) is 0.408. The van der Waals surface area contributed by atoms with Crippen LogP contribution in [0.4, 0.5) is 5.82 Å². The maximum atomic E-state index is 12.3. The Morgan fingerprint density at radius 1 is 1.29 bits per heavy atom. The predicted molar refractivity (Wildman–Crippen MR) is 96.6 cm³/mol. The molecular weight excluding hydrogens is 370 g/mol. The molecule has 0 amide bonds. The van der Waals surface area contributed by atoms with Crippen molar-refractivity contribution < 1.29 is 30.0 Å². The number of hydrogen-bond acceptors (Lipinski definition) is 9. The molecule has 2 aromatic rings. The standard InChI is InChI=1S/C18H23N3O7/c1-10(11-5-3-2-4-6-11)27-9-12-7-21(18(25)19-16(12)20-26)17-15(24)14(23)13(8-22)28-17/h2-7,10,13-15,17,22-24,26H,8-9H2,1H3,(H,19,20,25)/t10?,13-,14-,15-,17-/m1/s1. The molecule has 1 unspecified atom stereocenters. The van der Waals surface area contributed by atoms with E-state index in [2.05, 4.69) is 4.98 Å². The summed E-state index contributed by atoms with van der Waals surface area (Å²) < 4.78 is 12.2. The molecule has 2 heterocycles. The summed E-state index contributed by atoms with van der Waals surface area (Å²) in [4.78, 5) is 16.0. The van der Waals surface area contributed by atoms with Crippen molar-refractivity contribution in [1.82, 2.24) is 9.55 Å². The number of nitrogens with one attached hydrogen (secondary N) is 1. The average molecular weight is 393 g/mol. The lowest BCUT2D eigenvalue weighted by Crippen LogP contribution is -2.36. The summed E-state index contributed by atoms with van der Waals surface area (Å²) >= 11 is 0. The second kappa shape index (κ2) is 8.78. The van der Waals surface area contributed by atoms with Crippen molar-refractivity contribution in [2.45, 2.75) is 44.2 Å². The fourth-order valence-electron chi connectivity index (χ4n) is 3.04. The first kappa shape index (κ1) is 20.4. The zero-order chi connectivity index (χ0) is 20.3. The maximum Gasteiger partial charge on any atom is 0.351 e. The van der Waals surface area contributed by atoms with Crippen molar-refractivity contribution in [3.05, 3.63) is 58.1 Å². The van der Waals surface area contributed by atoms with E-state index in [1.165, 1.54) is 6.20 Å². The molecule has 0 aliphatic carbocycles. The second-order valence-electron chi connectivity index (χ2n) is 6.51. The van der Waals surface area contributed by atoms with E-state index in [0.717, 1.165) is 10.1 Å². The van der Waals surface area contributed by atoms with Gasteiger partial charge in [-0.05, 0) is 12.5 Å². The zero-order valence-electron chi connectivity index (χ0n) is 15.2. The highest BCUT2D eigenvalue weighted by Crippen LogP contribution is 2.29. The molecule has 1 aliphatic rings. The van der Waals surface area contributed by atoms with Crippen molar-refractivity contribution in [3.8, 4) is 0 Å². The summed E-state index contributed by atoms with van der Waals surface area (Å²) in [7, 11) is 0. The molecule has 152 valence electrons. The van der Waals surface area contributed by atoms with Crippen molar-refractivity contribution in [2.24, 2.45) is 0 Å². The number of rotatable bonds is 7. The molecule has 1 aromatic carbocycles. The third-order valence-corrected chi connectivity index (χ3v) is 4.68. The molecule has 0 radical (unpaired) electrons. The molecule has 1 saturated heterocycles. The van der Waals surface area contributed by atoms with Crippen LogP contribution in [0.15, 0.2) is 41.3 Å². The minimum atomic E-state index is -1.43. The van der Waals surface area contributed by atoms with E-state index < -0.39 is 36.8 Å². The zero-order valence-corrected chi connectivity index (χ0v) is 15.2. The van der Waals surface area contributed by atoms with E-state index in [0.29, 0.717) is 5.56 Å². The minimum absolute atomic E-state index is 0.00102.